The lowest BCUT2D eigenvalue weighted by atomic mass is 9.93. The highest BCUT2D eigenvalue weighted by molar-refractivity contribution is 8.15. The number of rotatable bonds is 3. The number of anilines is 2. The average Bonchev–Trinajstić information content (AvgIpc) is 3.28. The second-order valence-corrected chi connectivity index (χ2v) is 8.96. The Morgan fingerprint density at radius 1 is 0.938 bits per heavy atom. The van der Waals surface area contributed by atoms with E-state index in [4.69, 9.17) is 11.6 Å². The van der Waals surface area contributed by atoms with Crippen molar-refractivity contribution in [3.05, 3.63) is 64.5 Å². The predicted molar refractivity (Wildman–Crippen MR) is 123 cm³/mol. The molecule has 0 radical (unpaired) electrons. The summed E-state index contributed by atoms with van der Waals surface area (Å²) in [7, 11) is 0. The molecule has 0 atom stereocenters. The number of benzene rings is 2. The van der Waals surface area contributed by atoms with Crippen LogP contribution in [0.1, 0.15) is 25.7 Å². The molecule has 3 aliphatic rings. The maximum absolute atomic E-state index is 14.9. The van der Waals surface area contributed by atoms with Crippen LogP contribution in [-0.4, -0.2) is 28.6 Å². The zero-order valence-corrected chi connectivity index (χ0v) is 18.4. The maximum Gasteiger partial charge on any atom is 0.261 e. The van der Waals surface area contributed by atoms with Crippen LogP contribution in [0.5, 0.6) is 0 Å². The molecule has 0 unspecified atom stereocenters. The average molecular weight is 470 g/mol. The second kappa shape index (κ2) is 8.18. The molecular weight excluding hydrogens is 453 g/mol. The van der Waals surface area contributed by atoms with E-state index < -0.39 is 17.6 Å². The molecule has 0 aromatic heterocycles. The SMILES string of the molecule is O=C1CSC(=Nc2cc(N3C(=O)C4=C(CCCC4)C3=O)c(F)cc2Cl)N1c1ccccc1. The summed E-state index contributed by atoms with van der Waals surface area (Å²) in [4.78, 5) is 45.1. The largest absolute Gasteiger partial charge is 0.273 e. The predicted octanol–water partition coefficient (Wildman–Crippen LogP) is 4.99. The molecule has 5 rings (SSSR count). The molecule has 2 aromatic rings. The van der Waals surface area contributed by atoms with E-state index in [9.17, 15) is 18.8 Å². The number of aliphatic imine (C=N–C) groups is 1. The fourth-order valence-electron chi connectivity index (χ4n) is 4.12. The van der Waals surface area contributed by atoms with Crippen molar-refractivity contribution >= 4 is 63.3 Å². The summed E-state index contributed by atoms with van der Waals surface area (Å²) in [6, 6.07) is 11.4. The Morgan fingerprint density at radius 2 is 1.59 bits per heavy atom. The van der Waals surface area contributed by atoms with Gasteiger partial charge in [-0.15, -0.1) is 0 Å². The van der Waals surface area contributed by atoms with Crippen molar-refractivity contribution in [2.24, 2.45) is 4.99 Å². The van der Waals surface area contributed by atoms with Gasteiger partial charge in [0.05, 0.1) is 27.8 Å². The van der Waals surface area contributed by atoms with Gasteiger partial charge in [0, 0.05) is 11.1 Å². The fourth-order valence-corrected chi connectivity index (χ4v) is 5.19. The molecule has 0 bridgehead atoms. The standard InChI is InChI=1S/C23H17ClFN3O3S/c24-16-10-17(25)19(28-21(30)14-8-4-5-9-15(14)22(28)31)11-18(16)26-23-27(20(29)12-32-23)13-6-2-1-3-7-13/h1-3,6-7,10-11H,4-5,8-9,12H2. The summed E-state index contributed by atoms with van der Waals surface area (Å²) in [5.41, 5.74) is 1.58. The molecule has 9 heteroatoms. The molecule has 0 spiro atoms. The number of hydrogen-bond donors (Lipinski definition) is 0. The first-order chi connectivity index (χ1) is 15.5. The molecule has 1 saturated heterocycles. The van der Waals surface area contributed by atoms with Crippen molar-refractivity contribution in [1.29, 1.82) is 0 Å². The second-order valence-electron chi connectivity index (χ2n) is 7.61. The number of carbonyl (C=O) groups excluding carboxylic acids is 3. The number of nitrogens with zero attached hydrogens (tertiary/aromatic N) is 3. The number of halogens is 2. The molecule has 1 fully saturated rings. The molecule has 162 valence electrons. The van der Waals surface area contributed by atoms with E-state index in [1.165, 1.54) is 22.7 Å². The van der Waals surface area contributed by atoms with Gasteiger partial charge in [-0.1, -0.05) is 41.6 Å². The summed E-state index contributed by atoms with van der Waals surface area (Å²) in [5.74, 6) is -1.68. The van der Waals surface area contributed by atoms with Gasteiger partial charge < -0.3 is 0 Å². The minimum atomic E-state index is -0.782. The molecule has 0 N–H and O–H groups in total. The number of para-hydroxylation sites is 1. The van der Waals surface area contributed by atoms with Crippen molar-refractivity contribution < 1.29 is 18.8 Å². The van der Waals surface area contributed by atoms with Crippen molar-refractivity contribution in [2.75, 3.05) is 15.6 Å². The molecule has 0 saturated carbocycles. The van der Waals surface area contributed by atoms with Crippen LogP contribution in [0.2, 0.25) is 5.02 Å². The topological polar surface area (TPSA) is 70.0 Å². The van der Waals surface area contributed by atoms with E-state index in [1.807, 2.05) is 18.2 Å². The van der Waals surface area contributed by atoms with Gasteiger partial charge in [0.2, 0.25) is 5.91 Å². The summed E-state index contributed by atoms with van der Waals surface area (Å²) in [5, 5.41) is 0.403. The van der Waals surface area contributed by atoms with Crippen LogP contribution in [-0.2, 0) is 14.4 Å². The Kier molecular flexibility index (Phi) is 5.35. The highest BCUT2D eigenvalue weighted by atomic mass is 35.5. The molecule has 3 amide bonds. The zero-order valence-electron chi connectivity index (χ0n) is 16.8. The number of amidine groups is 1. The first-order valence-electron chi connectivity index (χ1n) is 10.1. The van der Waals surface area contributed by atoms with E-state index >= 15 is 0 Å². The Labute approximate surface area is 192 Å². The summed E-state index contributed by atoms with van der Waals surface area (Å²) < 4.78 is 14.9. The van der Waals surface area contributed by atoms with Gasteiger partial charge in [-0.05, 0) is 49.9 Å². The molecular formula is C23H17ClFN3O3S. The van der Waals surface area contributed by atoms with E-state index in [0.717, 1.165) is 23.8 Å². The van der Waals surface area contributed by atoms with Crippen LogP contribution in [0.3, 0.4) is 0 Å². The van der Waals surface area contributed by atoms with Gasteiger partial charge in [0.15, 0.2) is 5.17 Å². The molecule has 2 heterocycles. The maximum atomic E-state index is 14.9. The minimum Gasteiger partial charge on any atom is -0.273 e. The van der Waals surface area contributed by atoms with Crippen molar-refractivity contribution in [2.45, 2.75) is 25.7 Å². The Morgan fingerprint density at radius 3 is 2.25 bits per heavy atom. The summed E-state index contributed by atoms with van der Waals surface area (Å²) >= 11 is 7.49. The normalized spacial score (nSPS) is 20.1. The molecule has 1 aliphatic carbocycles. The number of thioether (sulfide) groups is 1. The minimum absolute atomic E-state index is 0.0172. The van der Waals surface area contributed by atoms with E-state index in [-0.39, 0.29) is 28.1 Å². The van der Waals surface area contributed by atoms with Crippen LogP contribution in [0.25, 0.3) is 0 Å². The lowest BCUT2D eigenvalue weighted by Gasteiger charge is -2.18. The van der Waals surface area contributed by atoms with Gasteiger partial charge in [-0.25, -0.2) is 14.3 Å². The van der Waals surface area contributed by atoms with Gasteiger partial charge in [-0.3, -0.25) is 19.3 Å². The summed E-state index contributed by atoms with van der Waals surface area (Å²) in [6.07, 6.45) is 2.69. The van der Waals surface area contributed by atoms with Gasteiger partial charge in [0.1, 0.15) is 5.82 Å². The van der Waals surface area contributed by atoms with E-state index in [1.54, 1.807) is 12.1 Å². The lowest BCUT2D eigenvalue weighted by Crippen LogP contribution is -2.32. The lowest BCUT2D eigenvalue weighted by molar-refractivity contribution is -0.120. The first kappa shape index (κ1) is 20.9. The monoisotopic (exact) mass is 469 g/mol. The quantitative estimate of drug-likeness (QED) is 0.594. The van der Waals surface area contributed by atoms with Gasteiger partial charge in [-0.2, -0.15) is 0 Å². The van der Waals surface area contributed by atoms with E-state index in [0.29, 0.717) is 34.8 Å². The molecule has 2 aliphatic heterocycles. The zero-order chi connectivity index (χ0) is 22.4. The highest BCUT2D eigenvalue weighted by Crippen LogP contribution is 2.40. The smallest absolute Gasteiger partial charge is 0.261 e. The number of carbonyl (C=O) groups is 3. The number of hydrogen-bond acceptors (Lipinski definition) is 5. The third kappa shape index (κ3) is 3.43. The highest BCUT2D eigenvalue weighted by Gasteiger charge is 2.41. The molecule has 6 nitrogen and oxygen atoms in total. The number of imide groups is 1. The van der Waals surface area contributed by atoms with Crippen LogP contribution >= 0.6 is 23.4 Å². The van der Waals surface area contributed by atoms with Gasteiger partial charge in [0.25, 0.3) is 11.8 Å². The summed E-state index contributed by atoms with van der Waals surface area (Å²) in [6.45, 7) is 0. The van der Waals surface area contributed by atoms with Crippen molar-refractivity contribution in [1.82, 2.24) is 0 Å². The van der Waals surface area contributed by atoms with Crippen molar-refractivity contribution in [3.8, 4) is 0 Å². The van der Waals surface area contributed by atoms with Crippen LogP contribution in [0.15, 0.2) is 58.6 Å². The van der Waals surface area contributed by atoms with Crippen LogP contribution in [0.4, 0.5) is 21.5 Å². The fraction of sp³-hybridized carbons (Fsp3) is 0.217. The first-order valence-corrected chi connectivity index (χ1v) is 11.5. The Bertz CT molecular complexity index is 1200. The molecule has 2 aromatic carbocycles. The van der Waals surface area contributed by atoms with Crippen molar-refractivity contribution in [3.63, 3.8) is 0 Å². The van der Waals surface area contributed by atoms with Gasteiger partial charge >= 0.3 is 0 Å². The van der Waals surface area contributed by atoms with Crippen LogP contribution < -0.4 is 9.80 Å². The Hall–Kier alpha value is -2.97. The third-order valence-corrected chi connectivity index (χ3v) is 6.87. The number of amides is 3. The van der Waals surface area contributed by atoms with E-state index in [2.05, 4.69) is 4.99 Å². The third-order valence-electron chi connectivity index (χ3n) is 5.64. The Balaban J connectivity index is 1.55. The van der Waals surface area contributed by atoms with Crippen LogP contribution in [0, 0.1) is 5.82 Å². The molecule has 32 heavy (non-hydrogen) atoms.